The first kappa shape index (κ1) is 17.1. The van der Waals surface area contributed by atoms with E-state index in [0.29, 0.717) is 25.1 Å². The van der Waals surface area contributed by atoms with Crippen molar-refractivity contribution in [1.82, 2.24) is 10.3 Å². The van der Waals surface area contributed by atoms with Crippen LogP contribution in [0.2, 0.25) is 0 Å². The molecule has 7 heteroatoms. The summed E-state index contributed by atoms with van der Waals surface area (Å²) in [6, 6.07) is 8.68. The Kier molecular flexibility index (Phi) is 6.25. The first-order chi connectivity index (χ1) is 11.1. The molecule has 0 aliphatic carbocycles. The lowest BCUT2D eigenvalue weighted by Crippen LogP contribution is -2.43. The monoisotopic (exact) mass is 333 g/mol. The lowest BCUT2D eigenvalue weighted by atomic mass is 10.1. The van der Waals surface area contributed by atoms with Gasteiger partial charge in [-0.3, -0.25) is 4.79 Å². The number of esters is 1. The van der Waals surface area contributed by atoms with Gasteiger partial charge in [0.2, 0.25) is 0 Å². The third kappa shape index (κ3) is 4.87. The van der Waals surface area contributed by atoms with Crippen LogP contribution in [-0.4, -0.2) is 36.6 Å². The third-order valence-corrected chi connectivity index (χ3v) is 4.12. The molecule has 1 aromatic carbocycles. The summed E-state index contributed by atoms with van der Waals surface area (Å²) in [5.41, 5.74) is 6.70. The van der Waals surface area contributed by atoms with E-state index in [1.807, 2.05) is 30.3 Å². The number of nitrogens with two attached hydrogens (primary N) is 1. The number of aromatic nitrogens is 1. The van der Waals surface area contributed by atoms with Gasteiger partial charge in [0.25, 0.3) is 5.91 Å². The number of nitrogens with one attached hydrogen (secondary N) is 1. The summed E-state index contributed by atoms with van der Waals surface area (Å²) in [6.07, 6.45) is 0.988. The molecule has 1 aromatic heterocycles. The number of thiazole rings is 1. The van der Waals surface area contributed by atoms with Crippen molar-refractivity contribution in [3.63, 3.8) is 0 Å². The van der Waals surface area contributed by atoms with Crippen LogP contribution in [0, 0.1) is 0 Å². The summed E-state index contributed by atoms with van der Waals surface area (Å²) in [5, 5.41) is 5.15. The standard InChI is InChI=1S/C16H19N3O3S/c1-22-16(21)12(9-11-5-3-2-4-6-11)19-15(20)13-10-23-14(18-13)7-8-17/h2-6,10,12H,7-9,17H2,1H3,(H,19,20). The summed E-state index contributed by atoms with van der Waals surface area (Å²) in [5.74, 6) is -0.879. The zero-order chi connectivity index (χ0) is 16.7. The van der Waals surface area contributed by atoms with Crippen molar-refractivity contribution in [2.75, 3.05) is 13.7 Å². The summed E-state index contributed by atoms with van der Waals surface area (Å²) < 4.78 is 4.78. The van der Waals surface area contributed by atoms with Gasteiger partial charge in [-0.2, -0.15) is 0 Å². The average Bonchev–Trinajstić information content (AvgIpc) is 3.03. The third-order valence-electron chi connectivity index (χ3n) is 3.22. The molecule has 0 radical (unpaired) electrons. The van der Waals surface area contributed by atoms with Gasteiger partial charge in [0, 0.05) is 18.2 Å². The number of carbonyl (C=O) groups is 2. The van der Waals surface area contributed by atoms with E-state index in [0.717, 1.165) is 10.6 Å². The molecule has 0 aliphatic rings. The first-order valence-electron chi connectivity index (χ1n) is 7.21. The minimum Gasteiger partial charge on any atom is -0.467 e. The second-order valence-electron chi connectivity index (χ2n) is 4.90. The van der Waals surface area contributed by atoms with Gasteiger partial charge in [-0.25, -0.2) is 9.78 Å². The van der Waals surface area contributed by atoms with Gasteiger partial charge in [0.1, 0.15) is 11.7 Å². The van der Waals surface area contributed by atoms with Gasteiger partial charge in [-0.1, -0.05) is 30.3 Å². The summed E-state index contributed by atoms with van der Waals surface area (Å²) in [6.45, 7) is 0.480. The average molecular weight is 333 g/mol. The molecule has 0 bridgehead atoms. The van der Waals surface area contributed by atoms with Gasteiger partial charge in [-0.15, -0.1) is 11.3 Å². The Bertz CT molecular complexity index is 658. The van der Waals surface area contributed by atoms with Crippen molar-refractivity contribution < 1.29 is 14.3 Å². The first-order valence-corrected chi connectivity index (χ1v) is 8.09. The molecule has 0 fully saturated rings. The maximum absolute atomic E-state index is 12.3. The second-order valence-corrected chi connectivity index (χ2v) is 5.85. The summed E-state index contributed by atoms with van der Waals surface area (Å²) >= 11 is 1.38. The number of benzene rings is 1. The van der Waals surface area contributed by atoms with Crippen LogP contribution in [0.25, 0.3) is 0 Å². The number of methoxy groups -OCH3 is 1. The fourth-order valence-corrected chi connectivity index (χ4v) is 2.87. The Labute approximate surface area is 138 Å². The Morgan fingerprint density at radius 3 is 2.74 bits per heavy atom. The van der Waals surface area contributed by atoms with Gasteiger partial charge < -0.3 is 15.8 Å². The quantitative estimate of drug-likeness (QED) is 0.742. The molecule has 1 heterocycles. The highest BCUT2D eigenvalue weighted by Crippen LogP contribution is 2.11. The summed E-state index contributed by atoms with van der Waals surface area (Å²) in [7, 11) is 1.30. The van der Waals surface area contributed by atoms with Crippen LogP contribution >= 0.6 is 11.3 Å². The molecule has 122 valence electrons. The Morgan fingerprint density at radius 2 is 2.09 bits per heavy atom. The predicted octanol–water partition coefficient (Wildman–Crippen LogP) is 1.16. The van der Waals surface area contributed by atoms with E-state index < -0.39 is 17.9 Å². The lowest BCUT2D eigenvalue weighted by molar-refractivity contribution is -0.142. The molecule has 0 saturated carbocycles. The molecule has 1 unspecified atom stereocenters. The number of hydrogen-bond acceptors (Lipinski definition) is 6. The van der Waals surface area contributed by atoms with Crippen LogP contribution in [0.4, 0.5) is 0 Å². The predicted molar refractivity (Wildman–Crippen MR) is 88.3 cm³/mol. The van der Waals surface area contributed by atoms with Gasteiger partial charge in [0.05, 0.1) is 12.1 Å². The molecule has 0 aliphatic heterocycles. The minimum atomic E-state index is -0.755. The Morgan fingerprint density at radius 1 is 1.35 bits per heavy atom. The smallest absolute Gasteiger partial charge is 0.328 e. The molecule has 6 nitrogen and oxygen atoms in total. The van der Waals surface area contributed by atoms with E-state index in [4.69, 9.17) is 10.5 Å². The number of nitrogens with zero attached hydrogens (tertiary/aromatic N) is 1. The maximum Gasteiger partial charge on any atom is 0.328 e. The zero-order valence-corrected chi connectivity index (χ0v) is 13.6. The van der Waals surface area contributed by atoms with E-state index in [1.54, 1.807) is 5.38 Å². The van der Waals surface area contributed by atoms with Crippen molar-refractivity contribution in [2.24, 2.45) is 5.73 Å². The van der Waals surface area contributed by atoms with E-state index in [2.05, 4.69) is 10.3 Å². The van der Waals surface area contributed by atoms with Crippen molar-refractivity contribution in [3.8, 4) is 0 Å². The molecular formula is C16H19N3O3S. The van der Waals surface area contributed by atoms with Crippen molar-refractivity contribution in [1.29, 1.82) is 0 Å². The van der Waals surface area contributed by atoms with Crippen LogP contribution in [0.5, 0.6) is 0 Å². The molecule has 3 N–H and O–H groups in total. The molecule has 1 amide bonds. The normalized spacial score (nSPS) is 11.7. The SMILES string of the molecule is COC(=O)C(Cc1ccccc1)NC(=O)c1csc(CCN)n1. The number of rotatable bonds is 7. The van der Waals surface area contributed by atoms with E-state index in [1.165, 1.54) is 18.4 Å². The largest absolute Gasteiger partial charge is 0.467 e. The fourth-order valence-electron chi connectivity index (χ4n) is 2.07. The van der Waals surface area contributed by atoms with E-state index in [-0.39, 0.29) is 0 Å². The molecule has 23 heavy (non-hydrogen) atoms. The number of amides is 1. The van der Waals surface area contributed by atoms with Gasteiger partial charge in [-0.05, 0) is 12.1 Å². The van der Waals surface area contributed by atoms with Crippen molar-refractivity contribution in [3.05, 3.63) is 52.0 Å². The van der Waals surface area contributed by atoms with Crippen LogP contribution in [0.1, 0.15) is 21.1 Å². The fraction of sp³-hybridized carbons (Fsp3) is 0.312. The molecule has 2 rings (SSSR count). The maximum atomic E-state index is 12.3. The second kappa shape index (κ2) is 8.40. The van der Waals surface area contributed by atoms with Crippen molar-refractivity contribution in [2.45, 2.75) is 18.9 Å². The topological polar surface area (TPSA) is 94.3 Å². The summed E-state index contributed by atoms with van der Waals surface area (Å²) in [4.78, 5) is 28.4. The molecule has 2 aromatic rings. The van der Waals surface area contributed by atoms with Crippen molar-refractivity contribution >= 4 is 23.2 Å². The highest BCUT2D eigenvalue weighted by Gasteiger charge is 2.23. The molecule has 1 atom stereocenters. The minimum absolute atomic E-state index is 0.292. The zero-order valence-electron chi connectivity index (χ0n) is 12.8. The Balaban J connectivity index is 2.07. The highest BCUT2D eigenvalue weighted by atomic mass is 32.1. The Hall–Kier alpha value is -2.25. The molecular weight excluding hydrogens is 314 g/mol. The van der Waals surface area contributed by atoms with E-state index >= 15 is 0 Å². The lowest BCUT2D eigenvalue weighted by Gasteiger charge is -2.16. The van der Waals surface area contributed by atoms with E-state index in [9.17, 15) is 9.59 Å². The van der Waals surface area contributed by atoms with Gasteiger partial charge in [0.15, 0.2) is 0 Å². The molecule has 0 spiro atoms. The number of carbonyl (C=O) groups excluding carboxylic acids is 2. The molecule has 0 saturated heterocycles. The number of ether oxygens (including phenoxy) is 1. The van der Waals surface area contributed by atoms with Gasteiger partial charge >= 0.3 is 5.97 Å². The highest BCUT2D eigenvalue weighted by molar-refractivity contribution is 7.09. The van der Waals surface area contributed by atoms with Crippen LogP contribution in [-0.2, 0) is 22.4 Å². The van der Waals surface area contributed by atoms with Crippen LogP contribution in [0.15, 0.2) is 35.7 Å². The number of hydrogen-bond donors (Lipinski definition) is 2. The van der Waals surface area contributed by atoms with Crippen LogP contribution < -0.4 is 11.1 Å². The van der Waals surface area contributed by atoms with Crippen LogP contribution in [0.3, 0.4) is 0 Å².